The van der Waals surface area contributed by atoms with Crippen molar-refractivity contribution < 1.29 is 14.3 Å². The summed E-state index contributed by atoms with van der Waals surface area (Å²) < 4.78 is 5.67. The second-order valence-electron chi connectivity index (χ2n) is 8.34. The van der Waals surface area contributed by atoms with E-state index in [1.165, 1.54) is 5.56 Å². The highest BCUT2D eigenvalue weighted by molar-refractivity contribution is 5.94. The van der Waals surface area contributed by atoms with Gasteiger partial charge in [-0.05, 0) is 75.4 Å². The van der Waals surface area contributed by atoms with Crippen LogP contribution in [0, 0.1) is 0 Å². The van der Waals surface area contributed by atoms with Gasteiger partial charge in [-0.1, -0.05) is 24.3 Å². The Balaban J connectivity index is 1.45. The number of carbonyl (C=O) groups excluding carboxylic acids is 2. The highest BCUT2D eigenvalue weighted by Crippen LogP contribution is 2.16. The maximum atomic E-state index is 12.5. The molecule has 2 aromatic carbocycles. The van der Waals surface area contributed by atoms with E-state index in [0.717, 1.165) is 37.1 Å². The average molecular weight is 409 g/mol. The van der Waals surface area contributed by atoms with Gasteiger partial charge in [0.1, 0.15) is 5.75 Å². The van der Waals surface area contributed by atoms with E-state index in [9.17, 15) is 9.59 Å². The van der Waals surface area contributed by atoms with Crippen LogP contribution in [0.2, 0.25) is 0 Å². The van der Waals surface area contributed by atoms with Gasteiger partial charge in [0.2, 0.25) is 5.91 Å². The van der Waals surface area contributed by atoms with E-state index in [0.29, 0.717) is 18.5 Å². The van der Waals surface area contributed by atoms with Gasteiger partial charge in [-0.15, -0.1) is 0 Å². The molecule has 0 saturated carbocycles. The fraction of sp³-hybridized carbons (Fsp3) is 0.440. The summed E-state index contributed by atoms with van der Waals surface area (Å²) in [5.74, 6) is 1.03. The summed E-state index contributed by atoms with van der Waals surface area (Å²) in [6, 6.07) is 15.8. The normalized spacial score (nSPS) is 14.8. The topological polar surface area (TPSA) is 58.6 Å². The smallest absolute Gasteiger partial charge is 0.251 e. The largest absolute Gasteiger partial charge is 0.491 e. The Hall–Kier alpha value is -2.82. The first-order valence-corrected chi connectivity index (χ1v) is 10.8. The number of hydrogen-bond acceptors (Lipinski definition) is 3. The summed E-state index contributed by atoms with van der Waals surface area (Å²) in [7, 11) is 0. The third-order valence-electron chi connectivity index (χ3n) is 5.30. The molecule has 5 nitrogen and oxygen atoms in total. The second-order valence-corrected chi connectivity index (χ2v) is 8.34. The van der Waals surface area contributed by atoms with E-state index in [-0.39, 0.29) is 24.0 Å². The summed E-state index contributed by atoms with van der Waals surface area (Å²) in [6.07, 6.45) is 3.52. The molecule has 160 valence electrons. The third-order valence-corrected chi connectivity index (χ3v) is 5.30. The van der Waals surface area contributed by atoms with Gasteiger partial charge in [0.25, 0.3) is 5.91 Å². The van der Waals surface area contributed by atoms with Crippen molar-refractivity contribution >= 4 is 11.8 Å². The van der Waals surface area contributed by atoms with Crippen molar-refractivity contribution in [2.24, 2.45) is 0 Å². The third kappa shape index (κ3) is 6.34. The fourth-order valence-corrected chi connectivity index (χ4v) is 3.62. The number of aryl methyl sites for hydroxylation is 1. The number of likely N-dealkylation sites (tertiary alicyclic amines) is 1. The summed E-state index contributed by atoms with van der Waals surface area (Å²) >= 11 is 0. The maximum Gasteiger partial charge on any atom is 0.251 e. The molecular formula is C25H32N2O3. The molecule has 0 spiro atoms. The van der Waals surface area contributed by atoms with Gasteiger partial charge in [0.15, 0.2) is 0 Å². The fourth-order valence-electron chi connectivity index (χ4n) is 3.62. The molecule has 3 rings (SSSR count). The van der Waals surface area contributed by atoms with E-state index in [1.807, 2.05) is 62.1 Å². The van der Waals surface area contributed by atoms with Crippen molar-refractivity contribution in [2.45, 2.75) is 65.1 Å². The molecule has 1 heterocycles. The number of rotatable bonds is 9. The molecule has 0 aliphatic carbocycles. The number of nitrogens with zero attached hydrogens (tertiary/aromatic N) is 1. The van der Waals surface area contributed by atoms with Crippen LogP contribution >= 0.6 is 0 Å². The van der Waals surface area contributed by atoms with Gasteiger partial charge in [-0.25, -0.2) is 0 Å². The molecule has 1 atom stereocenters. The quantitative estimate of drug-likeness (QED) is 0.671. The van der Waals surface area contributed by atoms with Crippen molar-refractivity contribution in [1.82, 2.24) is 10.2 Å². The molecule has 1 unspecified atom stereocenters. The van der Waals surface area contributed by atoms with Gasteiger partial charge >= 0.3 is 0 Å². The minimum absolute atomic E-state index is 0.0630. The van der Waals surface area contributed by atoms with Gasteiger partial charge in [0.05, 0.1) is 6.10 Å². The first kappa shape index (κ1) is 21.9. The molecule has 30 heavy (non-hydrogen) atoms. The zero-order valence-electron chi connectivity index (χ0n) is 18.2. The summed E-state index contributed by atoms with van der Waals surface area (Å²) in [6.45, 7) is 7.51. The molecule has 0 bridgehead atoms. The van der Waals surface area contributed by atoms with E-state index in [1.54, 1.807) is 0 Å². The van der Waals surface area contributed by atoms with Crippen molar-refractivity contribution in [3.63, 3.8) is 0 Å². The predicted octanol–water partition coefficient (Wildman–Crippen LogP) is 4.35. The number of ether oxygens (including phenoxy) is 1. The molecule has 2 aromatic rings. The molecule has 1 fully saturated rings. The van der Waals surface area contributed by atoms with Crippen molar-refractivity contribution in [3.8, 4) is 5.75 Å². The van der Waals surface area contributed by atoms with Crippen molar-refractivity contribution in [1.29, 1.82) is 0 Å². The van der Waals surface area contributed by atoms with Crippen LogP contribution in [0.15, 0.2) is 48.5 Å². The number of benzene rings is 2. The average Bonchev–Trinajstić information content (AvgIpc) is 3.12. The highest BCUT2D eigenvalue weighted by Gasteiger charge is 2.20. The summed E-state index contributed by atoms with van der Waals surface area (Å²) in [5.41, 5.74) is 2.93. The predicted molar refractivity (Wildman–Crippen MR) is 119 cm³/mol. The van der Waals surface area contributed by atoms with Gasteiger partial charge in [-0.2, -0.15) is 0 Å². The van der Waals surface area contributed by atoms with E-state index >= 15 is 0 Å². The molecule has 2 amide bonds. The monoisotopic (exact) mass is 408 g/mol. The molecule has 1 aliphatic heterocycles. The number of amides is 2. The Morgan fingerprint density at radius 3 is 2.30 bits per heavy atom. The van der Waals surface area contributed by atoms with Crippen LogP contribution in [-0.4, -0.2) is 35.4 Å². The molecule has 0 aromatic heterocycles. The lowest BCUT2D eigenvalue weighted by Gasteiger charge is -2.16. The Bertz CT molecular complexity index is 844. The Morgan fingerprint density at radius 2 is 1.70 bits per heavy atom. The van der Waals surface area contributed by atoms with Crippen LogP contribution in [0.3, 0.4) is 0 Å². The van der Waals surface area contributed by atoms with Crippen LogP contribution in [0.1, 0.15) is 61.5 Å². The van der Waals surface area contributed by atoms with Crippen LogP contribution in [0.4, 0.5) is 0 Å². The molecule has 0 radical (unpaired) electrons. The molecule has 1 aliphatic rings. The zero-order chi connectivity index (χ0) is 21.5. The van der Waals surface area contributed by atoms with Crippen LogP contribution in [-0.2, 0) is 17.8 Å². The molecule has 1 saturated heterocycles. The summed E-state index contributed by atoms with van der Waals surface area (Å²) in [4.78, 5) is 26.2. The highest BCUT2D eigenvalue weighted by atomic mass is 16.5. The lowest BCUT2D eigenvalue weighted by atomic mass is 10.1. The van der Waals surface area contributed by atoms with Crippen LogP contribution in [0.25, 0.3) is 0 Å². The first-order chi connectivity index (χ1) is 14.4. The molecular weight excluding hydrogens is 376 g/mol. The summed E-state index contributed by atoms with van der Waals surface area (Å²) in [5, 5.41) is 3.08. The number of hydrogen-bond donors (Lipinski definition) is 1. The lowest BCUT2D eigenvalue weighted by Crippen LogP contribution is -2.32. The maximum absolute atomic E-state index is 12.5. The molecule has 5 heteroatoms. The standard InChI is InChI=1S/C25H32N2O3/c1-18(2)30-23-14-10-20(11-15-23)7-6-19(3)26-25(29)22-12-8-21(9-13-22)17-27-16-4-5-24(27)28/h8-15,18-19H,4-7,16-17H2,1-3H3,(H,26,29). The Kier molecular flexibility index (Phi) is 7.50. The zero-order valence-corrected chi connectivity index (χ0v) is 18.2. The minimum Gasteiger partial charge on any atom is -0.491 e. The lowest BCUT2D eigenvalue weighted by molar-refractivity contribution is -0.128. The number of nitrogens with one attached hydrogen (secondary N) is 1. The first-order valence-electron chi connectivity index (χ1n) is 10.8. The minimum atomic E-state index is -0.0630. The van der Waals surface area contributed by atoms with Gasteiger partial charge < -0.3 is 15.0 Å². The Labute approximate surface area is 179 Å². The molecule has 1 N–H and O–H groups in total. The van der Waals surface area contributed by atoms with Crippen LogP contribution in [0.5, 0.6) is 5.75 Å². The van der Waals surface area contributed by atoms with Crippen molar-refractivity contribution in [3.05, 3.63) is 65.2 Å². The van der Waals surface area contributed by atoms with E-state index < -0.39 is 0 Å². The second kappa shape index (κ2) is 10.3. The van der Waals surface area contributed by atoms with Gasteiger partial charge in [-0.3, -0.25) is 9.59 Å². The van der Waals surface area contributed by atoms with Crippen LogP contribution < -0.4 is 10.1 Å². The van der Waals surface area contributed by atoms with Crippen molar-refractivity contribution in [2.75, 3.05) is 6.54 Å². The SMILES string of the molecule is CC(CCc1ccc(OC(C)C)cc1)NC(=O)c1ccc(CN2CCCC2=O)cc1. The Morgan fingerprint density at radius 1 is 1.03 bits per heavy atom. The van der Waals surface area contributed by atoms with E-state index in [4.69, 9.17) is 4.74 Å². The number of carbonyl (C=O) groups is 2. The van der Waals surface area contributed by atoms with E-state index in [2.05, 4.69) is 17.4 Å². The van der Waals surface area contributed by atoms with Gasteiger partial charge in [0, 0.05) is 31.1 Å².